The second-order valence-corrected chi connectivity index (χ2v) is 16.3. The normalized spacial score (nSPS) is 16.9. The highest BCUT2D eigenvalue weighted by atomic mass is 79.9. The molecule has 0 spiro atoms. The highest BCUT2D eigenvalue weighted by Gasteiger charge is 2.31. The first-order valence-corrected chi connectivity index (χ1v) is 22.6. The van der Waals surface area contributed by atoms with Crippen molar-refractivity contribution in [3.63, 3.8) is 0 Å². The molecule has 4 N–H and O–H groups in total. The zero-order valence-electron chi connectivity index (χ0n) is 36.9. The molecule has 0 aromatic heterocycles. The third-order valence-electron chi connectivity index (χ3n) is 11.0. The number of ether oxygens (including phenoxy) is 1. The van der Waals surface area contributed by atoms with E-state index in [1.165, 1.54) is 50.8 Å². The fraction of sp³-hybridized carbons (Fsp3) is 0.630. The number of fused-ring (bicyclic) bond motifs is 1. The number of likely N-dealkylation sites (tertiary alicyclic amines) is 2. The van der Waals surface area contributed by atoms with Gasteiger partial charge in [0.2, 0.25) is 5.91 Å². The fourth-order valence-corrected chi connectivity index (χ4v) is 8.31. The SMILES string of the molecule is CC.CC/C=C(/OCC=O)N1CCC(N2CCc3ccccc3NC2=O)CC1.CCCN(CCC(C)CC)C1CCN(CC(N)=O)CC1.Cc1cc(C)c(O)c(Br)c1. The molecular formula is C46H75BrN6O5. The summed E-state index contributed by atoms with van der Waals surface area (Å²) in [5, 5.41) is 12.3. The van der Waals surface area contributed by atoms with Crippen molar-refractivity contribution in [3.05, 3.63) is 69.5 Å². The van der Waals surface area contributed by atoms with Crippen LogP contribution in [0.3, 0.4) is 0 Å². The second-order valence-electron chi connectivity index (χ2n) is 15.4. The Morgan fingerprint density at radius 1 is 1.03 bits per heavy atom. The third kappa shape index (κ3) is 17.3. The summed E-state index contributed by atoms with van der Waals surface area (Å²) in [6, 6.07) is 12.8. The Labute approximate surface area is 358 Å². The van der Waals surface area contributed by atoms with Crippen LogP contribution in [0.25, 0.3) is 0 Å². The van der Waals surface area contributed by atoms with Crippen LogP contribution in [0.5, 0.6) is 5.75 Å². The molecule has 2 saturated heterocycles. The Morgan fingerprint density at radius 3 is 2.29 bits per heavy atom. The number of nitrogens with two attached hydrogens (primary N) is 1. The van der Waals surface area contributed by atoms with E-state index in [0.29, 0.717) is 18.3 Å². The number of rotatable bonds is 15. The number of hydrogen-bond acceptors (Lipinski definition) is 8. The Kier molecular flexibility index (Phi) is 24.4. The number of aromatic hydroxyl groups is 1. The quantitative estimate of drug-likeness (QED) is 0.120. The number of allylic oxidation sites excluding steroid dienone is 1. The number of phenols is 1. The predicted octanol–water partition coefficient (Wildman–Crippen LogP) is 8.89. The fourth-order valence-electron chi connectivity index (χ4n) is 7.63. The Hall–Kier alpha value is -3.61. The molecule has 0 saturated carbocycles. The molecule has 5 rings (SSSR count). The standard InChI is InChI=1S/C20H27N3O3.C16H33N3O.C8H9BrO.C2H6/c1-2-5-19(26-15-14-24)22-11-9-17(10-12-22)23-13-8-16-6-3-4-7-18(16)21-20(23)25;1-4-9-19(12-6-14(3)5-2)15-7-10-18(11-8-15)13-16(17)20;1-5-3-6(2)8(10)7(9)4-5;1-2/h3-7,14,17H,2,8-13,15H2,1H3,(H,21,25);14-15H,4-13H2,1-3H3,(H2,17,20);3-4,10H,1-2H3;1-2H3/b19-5+;;;. The third-order valence-corrected chi connectivity index (χ3v) is 11.6. The lowest BCUT2D eigenvalue weighted by Gasteiger charge is -2.39. The van der Waals surface area contributed by atoms with Crippen molar-refractivity contribution in [2.24, 2.45) is 11.7 Å². The molecule has 58 heavy (non-hydrogen) atoms. The van der Waals surface area contributed by atoms with Gasteiger partial charge in [0.05, 0.1) is 11.0 Å². The molecule has 11 nitrogen and oxygen atoms in total. The van der Waals surface area contributed by atoms with Crippen molar-refractivity contribution in [3.8, 4) is 5.75 Å². The maximum Gasteiger partial charge on any atom is 0.322 e. The minimum atomic E-state index is -0.203. The van der Waals surface area contributed by atoms with Crippen molar-refractivity contribution >= 4 is 39.8 Å². The summed E-state index contributed by atoms with van der Waals surface area (Å²) in [5.74, 6) is 1.74. The van der Waals surface area contributed by atoms with Crippen molar-refractivity contribution in [1.82, 2.24) is 19.6 Å². The summed E-state index contributed by atoms with van der Waals surface area (Å²) < 4.78 is 6.33. The summed E-state index contributed by atoms with van der Waals surface area (Å²) in [4.78, 5) is 43.2. The minimum Gasteiger partial charge on any atom is -0.506 e. The first-order valence-electron chi connectivity index (χ1n) is 21.8. The molecule has 3 heterocycles. The van der Waals surface area contributed by atoms with E-state index < -0.39 is 0 Å². The van der Waals surface area contributed by atoms with Crippen molar-refractivity contribution in [2.45, 2.75) is 125 Å². The van der Waals surface area contributed by atoms with Gasteiger partial charge in [-0.15, -0.1) is 0 Å². The topological polar surface area (TPSA) is 132 Å². The molecule has 3 amide bonds. The number of para-hydroxylation sites is 1. The second kappa shape index (κ2) is 28.0. The van der Waals surface area contributed by atoms with E-state index in [1.54, 1.807) is 0 Å². The number of aryl methyl sites for hydroxylation is 2. The van der Waals surface area contributed by atoms with Crippen LogP contribution in [0, 0.1) is 19.8 Å². The van der Waals surface area contributed by atoms with Crippen LogP contribution in [-0.2, 0) is 20.7 Å². The van der Waals surface area contributed by atoms with Gasteiger partial charge in [0.15, 0.2) is 12.2 Å². The molecule has 0 radical (unpaired) electrons. The smallest absolute Gasteiger partial charge is 0.322 e. The number of piperidine rings is 2. The zero-order chi connectivity index (χ0) is 43.0. The molecule has 0 bridgehead atoms. The summed E-state index contributed by atoms with van der Waals surface area (Å²) in [5.41, 5.74) is 9.45. The zero-order valence-corrected chi connectivity index (χ0v) is 38.5. The lowest BCUT2D eigenvalue weighted by molar-refractivity contribution is -0.119. The highest BCUT2D eigenvalue weighted by Crippen LogP contribution is 2.29. The van der Waals surface area contributed by atoms with Gasteiger partial charge in [0, 0.05) is 50.5 Å². The number of benzene rings is 2. The number of primary amides is 1. The number of amides is 3. The Balaban J connectivity index is 0.000000320. The maximum absolute atomic E-state index is 12.7. The van der Waals surface area contributed by atoms with Gasteiger partial charge in [0.1, 0.15) is 12.4 Å². The summed E-state index contributed by atoms with van der Waals surface area (Å²) >= 11 is 3.25. The largest absolute Gasteiger partial charge is 0.506 e. The predicted molar refractivity (Wildman–Crippen MR) is 242 cm³/mol. The van der Waals surface area contributed by atoms with Gasteiger partial charge in [-0.05, 0) is 135 Å². The van der Waals surface area contributed by atoms with Crippen LogP contribution in [0.2, 0.25) is 0 Å². The number of nitrogens with zero attached hydrogens (tertiary/aromatic N) is 4. The number of nitrogens with one attached hydrogen (secondary N) is 1. The number of aldehydes is 1. The van der Waals surface area contributed by atoms with Gasteiger partial charge < -0.3 is 35.6 Å². The van der Waals surface area contributed by atoms with Crippen LogP contribution in [-0.4, -0.2) is 114 Å². The van der Waals surface area contributed by atoms with E-state index in [1.807, 2.05) is 69.0 Å². The van der Waals surface area contributed by atoms with Gasteiger partial charge in [-0.3, -0.25) is 14.5 Å². The lowest BCUT2D eigenvalue weighted by atomic mass is 10.00. The van der Waals surface area contributed by atoms with Gasteiger partial charge in [-0.1, -0.05) is 72.2 Å². The van der Waals surface area contributed by atoms with E-state index in [0.717, 1.165) is 97.8 Å². The van der Waals surface area contributed by atoms with E-state index in [9.17, 15) is 19.5 Å². The molecule has 12 heteroatoms. The molecule has 326 valence electrons. The van der Waals surface area contributed by atoms with E-state index >= 15 is 0 Å². The number of phenolic OH excluding ortho intramolecular Hbond substituents is 1. The van der Waals surface area contributed by atoms with Gasteiger partial charge in [-0.25, -0.2) is 4.79 Å². The van der Waals surface area contributed by atoms with Crippen molar-refractivity contribution in [1.29, 1.82) is 0 Å². The van der Waals surface area contributed by atoms with E-state index in [2.05, 4.69) is 69.7 Å². The van der Waals surface area contributed by atoms with Crippen LogP contribution < -0.4 is 11.1 Å². The average Bonchev–Trinajstić information content (AvgIpc) is 3.39. The number of carbonyl (C=O) groups is 3. The molecule has 1 atom stereocenters. The first kappa shape index (κ1) is 50.5. The number of hydrogen-bond donors (Lipinski definition) is 3. The summed E-state index contributed by atoms with van der Waals surface area (Å²) in [7, 11) is 0. The average molecular weight is 872 g/mol. The monoisotopic (exact) mass is 870 g/mol. The maximum atomic E-state index is 12.7. The van der Waals surface area contributed by atoms with E-state index in [-0.39, 0.29) is 24.6 Å². The Bertz CT molecular complexity index is 1520. The molecular weight excluding hydrogens is 796 g/mol. The van der Waals surface area contributed by atoms with E-state index in [4.69, 9.17) is 10.5 Å². The molecule has 3 aliphatic rings. The first-order chi connectivity index (χ1) is 27.9. The van der Waals surface area contributed by atoms with Crippen LogP contribution in [0.1, 0.15) is 110 Å². The molecule has 2 aromatic carbocycles. The number of halogens is 1. The van der Waals surface area contributed by atoms with Crippen LogP contribution >= 0.6 is 15.9 Å². The molecule has 1 unspecified atom stereocenters. The van der Waals surface area contributed by atoms with Crippen LogP contribution in [0.4, 0.5) is 10.5 Å². The number of anilines is 1. The molecule has 2 fully saturated rings. The molecule has 3 aliphatic heterocycles. The summed E-state index contributed by atoms with van der Waals surface area (Å²) in [6.45, 7) is 24.2. The molecule has 0 aliphatic carbocycles. The van der Waals surface area contributed by atoms with Gasteiger partial charge in [0.25, 0.3) is 0 Å². The van der Waals surface area contributed by atoms with Crippen molar-refractivity contribution in [2.75, 3.05) is 64.3 Å². The van der Waals surface area contributed by atoms with Gasteiger partial charge >= 0.3 is 6.03 Å². The number of carbonyl (C=O) groups excluding carboxylic acids is 3. The number of urea groups is 1. The highest BCUT2D eigenvalue weighted by molar-refractivity contribution is 9.10. The summed E-state index contributed by atoms with van der Waals surface area (Å²) in [6.07, 6.45) is 12.5. The minimum absolute atomic E-state index is 0.00470. The van der Waals surface area contributed by atoms with Crippen molar-refractivity contribution < 1.29 is 24.2 Å². The molecule has 2 aromatic rings. The van der Waals surface area contributed by atoms with Gasteiger partial charge in [-0.2, -0.15) is 0 Å². The Morgan fingerprint density at radius 2 is 1.71 bits per heavy atom. The lowest BCUT2D eigenvalue weighted by Crippen LogP contribution is -2.48. The van der Waals surface area contributed by atoms with Crippen LogP contribution in [0.15, 0.2) is 52.8 Å².